The van der Waals surface area contributed by atoms with E-state index < -0.39 is 16.9 Å². The van der Waals surface area contributed by atoms with E-state index in [1.54, 1.807) is 0 Å². The van der Waals surface area contributed by atoms with Crippen LogP contribution in [-0.4, -0.2) is 17.9 Å². The summed E-state index contributed by atoms with van der Waals surface area (Å²) >= 11 is 0. The number of hydrogen-bond acceptors (Lipinski definition) is 3. The van der Waals surface area contributed by atoms with Gasteiger partial charge in [0.15, 0.2) is 5.78 Å². The van der Waals surface area contributed by atoms with E-state index in [1.165, 1.54) is 0 Å². The molecular formula is C15H22O3. The van der Waals surface area contributed by atoms with E-state index in [2.05, 4.69) is 0 Å². The van der Waals surface area contributed by atoms with Crippen LogP contribution < -0.4 is 0 Å². The van der Waals surface area contributed by atoms with E-state index >= 15 is 0 Å². The molecule has 1 saturated heterocycles. The van der Waals surface area contributed by atoms with E-state index in [9.17, 15) is 9.59 Å². The standard InChI is InChI=1S/C15H22O3/c1-4-8-11-14(2,3)12(16)15(13(17)18-11)9-6-5-7-10-15/h4,8,11H,5-7,9-10H2,1-3H3/b8-4-. The Morgan fingerprint density at radius 1 is 1.17 bits per heavy atom. The fraction of sp³-hybridized carbons (Fsp3) is 0.733. The molecule has 0 N–H and O–H groups in total. The molecule has 0 aromatic heterocycles. The van der Waals surface area contributed by atoms with Gasteiger partial charge in [0.2, 0.25) is 0 Å². The van der Waals surface area contributed by atoms with Crippen molar-refractivity contribution in [3.63, 3.8) is 0 Å². The van der Waals surface area contributed by atoms with Gasteiger partial charge in [-0.25, -0.2) is 0 Å². The third-order valence-corrected chi connectivity index (χ3v) is 4.43. The van der Waals surface area contributed by atoms with Crippen LogP contribution in [0.2, 0.25) is 0 Å². The van der Waals surface area contributed by atoms with E-state index in [1.807, 2.05) is 32.9 Å². The summed E-state index contributed by atoms with van der Waals surface area (Å²) in [7, 11) is 0. The molecule has 1 heterocycles. The van der Waals surface area contributed by atoms with Crippen molar-refractivity contribution in [2.24, 2.45) is 10.8 Å². The molecule has 1 aliphatic heterocycles. The van der Waals surface area contributed by atoms with Gasteiger partial charge in [-0.1, -0.05) is 25.3 Å². The van der Waals surface area contributed by atoms with Crippen LogP contribution in [0.1, 0.15) is 52.9 Å². The second kappa shape index (κ2) is 4.52. The van der Waals surface area contributed by atoms with E-state index in [4.69, 9.17) is 4.74 Å². The van der Waals surface area contributed by atoms with Gasteiger partial charge in [0, 0.05) is 0 Å². The topological polar surface area (TPSA) is 43.4 Å². The van der Waals surface area contributed by atoms with E-state index in [0.717, 1.165) is 19.3 Å². The number of Topliss-reactive ketones (excluding diaryl/α,β-unsaturated/α-hetero) is 1. The molecule has 0 aromatic carbocycles. The van der Waals surface area contributed by atoms with Gasteiger partial charge in [-0.15, -0.1) is 0 Å². The van der Waals surface area contributed by atoms with Crippen molar-refractivity contribution in [1.29, 1.82) is 0 Å². The Morgan fingerprint density at radius 2 is 1.78 bits per heavy atom. The molecule has 1 aliphatic carbocycles. The van der Waals surface area contributed by atoms with Gasteiger partial charge in [-0.05, 0) is 39.7 Å². The van der Waals surface area contributed by atoms with Gasteiger partial charge >= 0.3 is 5.97 Å². The van der Waals surface area contributed by atoms with E-state index in [0.29, 0.717) is 12.8 Å². The molecular weight excluding hydrogens is 228 g/mol. The quantitative estimate of drug-likeness (QED) is 0.408. The van der Waals surface area contributed by atoms with Crippen molar-refractivity contribution in [3.05, 3.63) is 12.2 Å². The molecule has 0 amide bonds. The second-order valence-corrected chi connectivity index (χ2v) is 6.05. The van der Waals surface area contributed by atoms with Crippen molar-refractivity contribution < 1.29 is 14.3 Å². The van der Waals surface area contributed by atoms with Crippen LogP contribution >= 0.6 is 0 Å². The van der Waals surface area contributed by atoms with Crippen LogP contribution in [0.4, 0.5) is 0 Å². The highest BCUT2D eigenvalue weighted by atomic mass is 16.5. The van der Waals surface area contributed by atoms with Crippen molar-refractivity contribution >= 4 is 11.8 Å². The molecule has 18 heavy (non-hydrogen) atoms. The summed E-state index contributed by atoms with van der Waals surface area (Å²) in [5.41, 5.74) is -1.46. The minimum Gasteiger partial charge on any atom is -0.456 e. The fourth-order valence-electron chi connectivity index (χ4n) is 3.26. The Hall–Kier alpha value is -1.12. The van der Waals surface area contributed by atoms with Gasteiger partial charge in [0.25, 0.3) is 0 Å². The monoisotopic (exact) mass is 250 g/mol. The Labute approximate surface area is 109 Å². The average molecular weight is 250 g/mol. The van der Waals surface area contributed by atoms with Gasteiger partial charge in [0.05, 0.1) is 5.41 Å². The molecule has 1 atom stereocenters. The highest BCUT2D eigenvalue weighted by molar-refractivity contribution is 6.08. The molecule has 0 aromatic rings. The lowest BCUT2D eigenvalue weighted by Crippen LogP contribution is -2.58. The number of ketones is 1. The third kappa shape index (κ3) is 1.80. The predicted molar refractivity (Wildman–Crippen MR) is 69.0 cm³/mol. The molecule has 3 nitrogen and oxygen atoms in total. The molecule has 1 saturated carbocycles. The number of ether oxygens (including phenoxy) is 1. The molecule has 2 rings (SSSR count). The summed E-state index contributed by atoms with van der Waals surface area (Å²) in [4.78, 5) is 25.1. The van der Waals surface area contributed by atoms with E-state index in [-0.39, 0.29) is 11.8 Å². The van der Waals surface area contributed by atoms with Crippen LogP contribution in [-0.2, 0) is 14.3 Å². The fourth-order valence-corrected chi connectivity index (χ4v) is 3.26. The summed E-state index contributed by atoms with van der Waals surface area (Å²) in [6.07, 6.45) is 7.57. The summed E-state index contributed by atoms with van der Waals surface area (Å²) < 4.78 is 5.56. The average Bonchev–Trinajstić information content (AvgIpc) is 2.36. The number of rotatable bonds is 1. The van der Waals surface area contributed by atoms with Crippen LogP contribution in [0.25, 0.3) is 0 Å². The van der Waals surface area contributed by atoms with Crippen LogP contribution in [0.5, 0.6) is 0 Å². The normalized spacial score (nSPS) is 30.7. The zero-order valence-corrected chi connectivity index (χ0v) is 11.5. The summed E-state index contributed by atoms with van der Waals surface area (Å²) in [5.74, 6) is -0.219. The van der Waals surface area contributed by atoms with Gasteiger partial charge in [0.1, 0.15) is 11.5 Å². The van der Waals surface area contributed by atoms with Crippen molar-refractivity contribution in [3.8, 4) is 0 Å². The highest BCUT2D eigenvalue weighted by Gasteiger charge is 2.59. The highest BCUT2D eigenvalue weighted by Crippen LogP contribution is 2.48. The summed E-state index contributed by atoms with van der Waals surface area (Å²) in [6, 6.07) is 0. The largest absolute Gasteiger partial charge is 0.456 e. The van der Waals surface area contributed by atoms with Crippen LogP contribution in [0.3, 0.4) is 0 Å². The predicted octanol–water partition coefficient (Wildman–Crippen LogP) is 3.03. The molecule has 0 bridgehead atoms. The summed E-state index contributed by atoms with van der Waals surface area (Å²) in [6.45, 7) is 5.66. The van der Waals surface area contributed by atoms with Crippen LogP contribution in [0, 0.1) is 10.8 Å². The van der Waals surface area contributed by atoms with Crippen molar-refractivity contribution in [2.45, 2.75) is 59.0 Å². The van der Waals surface area contributed by atoms with Gasteiger partial charge < -0.3 is 4.74 Å². The minimum atomic E-state index is -0.847. The zero-order valence-electron chi connectivity index (χ0n) is 11.5. The first-order valence-corrected chi connectivity index (χ1v) is 6.84. The van der Waals surface area contributed by atoms with Crippen LogP contribution in [0.15, 0.2) is 12.2 Å². The molecule has 2 fully saturated rings. The first kappa shape index (κ1) is 13.3. The number of carbonyl (C=O) groups excluding carboxylic acids is 2. The maximum absolute atomic E-state index is 12.8. The number of hydrogen-bond donors (Lipinski definition) is 0. The lowest BCUT2D eigenvalue weighted by Gasteiger charge is -2.46. The lowest BCUT2D eigenvalue weighted by atomic mass is 9.61. The second-order valence-electron chi connectivity index (χ2n) is 6.05. The number of cyclic esters (lactones) is 1. The van der Waals surface area contributed by atoms with Gasteiger partial charge in [-0.2, -0.15) is 0 Å². The SMILES string of the molecule is C/C=C\C1OC(=O)C2(CCCCC2)C(=O)C1(C)C. The summed E-state index contributed by atoms with van der Waals surface area (Å²) in [5, 5.41) is 0. The maximum Gasteiger partial charge on any atom is 0.320 e. The zero-order chi connectivity index (χ0) is 13.4. The Balaban J connectivity index is 2.36. The number of allylic oxidation sites excluding steroid dienone is 1. The van der Waals surface area contributed by atoms with Crippen molar-refractivity contribution in [2.75, 3.05) is 0 Å². The maximum atomic E-state index is 12.8. The Bertz CT molecular complexity index is 387. The number of esters is 1. The molecule has 0 radical (unpaired) electrons. The third-order valence-electron chi connectivity index (χ3n) is 4.43. The van der Waals surface area contributed by atoms with Gasteiger partial charge in [-0.3, -0.25) is 9.59 Å². The minimum absolute atomic E-state index is 0.0778. The molecule has 1 unspecified atom stereocenters. The first-order valence-electron chi connectivity index (χ1n) is 6.84. The first-order chi connectivity index (χ1) is 8.45. The Morgan fingerprint density at radius 3 is 2.33 bits per heavy atom. The van der Waals surface area contributed by atoms with Crippen molar-refractivity contribution in [1.82, 2.24) is 0 Å². The lowest BCUT2D eigenvalue weighted by molar-refractivity contribution is -0.186. The molecule has 3 heteroatoms. The number of carbonyl (C=O) groups is 2. The molecule has 2 aliphatic rings. The molecule has 100 valence electrons. The molecule has 1 spiro atoms. The Kier molecular flexibility index (Phi) is 3.35. The smallest absolute Gasteiger partial charge is 0.320 e.